The molecule has 3 fully saturated rings. The molecule has 0 bridgehead atoms. The molecule has 4 heteroatoms. The van der Waals surface area contributed by atoms with E-state index in [9.17, 15) is 9.59 Å². The van der Waals surface area contributed by atoms with Crippen LogP contribution in [-0.2, 0) is 14.3 Å². The van der Waals surface area contributed by atoms with Crippen molar-refractivity contribution in [2.75, 3.05) is 0 Å². The number of hydrogen-bond donors (Lipinski definition) is 0. The summed E-state index contributed by atoms with van der Waals surface area (Å²) in [5, 5.41) is 0.546. The van der Waals surface area contributed by atoms with Gasteiger partial charge in [0.15, 0.2) is 5.78 Å². The molecule has 0 heterocycles. The molecular weight excluding hydrogens is 336 g/mol. The zero-order chi connectivity index (χ0) is 18.0. The first-order chi connectivity index (χ1) is 11.8. The summed E-state index contributed by atoms with van der Waals surface area (Å²) in [5.41, 5.74) is 1.46. The Labute approximate surface area is 155 Å². The zero-order valence-corrected chi connectivity index (χ0v) is 16.3. The number of halogens is 1. The SMILES string of the molecule is CC(=O)O[C@H]1CC[C@@H]2[C@H]3CCC4=C(Cl)C(=O)CC[C@]4(C)[C@@H]3CC[C@@]12C. The van der Waals surface area contributed by atoms with E-state index < -0.39 is 0 Å². The molecule has 4 aliphatic rings. The van der Waals surface area contributed by atoms with Gasteiger partial charge in [-0.2, -0.15) is 0 Å². The second-order valence-corrected chi connectivity index (χ2v) is 9.65. The molecule has 0 saturated heterocycles. The van der Waals surface area contributed by atoms with Crippen LogP contribution in [0.1, 0.15) is 72.1 Å². The van der Waals surface area contributed by atoms with Crippen molar-refractivity contribution in [2.45, 2.75) is 78.2 Å². The average Bonchev–Trinajstić information content (AvgIpc) is 2.88. The predicted octanol–water partition coefficient (Wildman–Crippen LogP) is 5.02. The first-order valence-corrected chi connectivity index (χ1v) is 10.2. The van der Waals surface area contributed by atoms with Gasteiger partial charge >= 0.3 is 5.97 Å². The van der Waals surface area contributed by atoms with Gasteiger partial charge in [-0.1, -0.05) is 25.4 Å². The lowest BCUT2D eigenvalue weighted by Gasteiger charge is -2.58. The van der Waals surface area contributed by atoms with E-state index in [2.05, 4.69) is 13.8 Å². The van der Waals surface area contributed by atoms with Crippen molar-refractivity contribution in [3.8, 4) is 0 Å². The Morgan fingerprint density at radius 3 is 2.56 bits per heavy atom. The first kappa shape index (κ1) is 17.6. The lowest BCUT2D eigenvalue weighted by atomic mass is 9.47. The molecule has 0 aromatic heterocycles. The largest absolute Gasteiger partial charge is 0.462 e. The molecule has 0 aromatic carbocycles. The molecule has 4 rings (SSSR count). The first-order valence-electron chi connectivity index (χ1n) is 9.87. The van der Waals surface area contributed by atoms with Gasteiger partial charge < -0.3 is 4.74 Å². The Balaban J connectivity index is 1.65. The fraction of sp³-hybridized carbons (Fsp3) is 0.810. The third-order valence-corrected chi connectivity index (χ3v) is 8.71. The van der Waals surface area contributed by atoms with Crippen molar-refractivity contribution < 1.29 is 14.3 Å². The average molecular weight is 365 g/mol. The second kappa shape index (κ2) is 5.84. The summed E-state index contributed by atoms with van der Waals surface area (Å²) in [6, 6.07) is 0. The zero-order valence-electron chi connectivity index (χ0n) is 15.6. The van der Waals surface area contributed by atoms with Crippen LogP contribution in [0.4, 0.5) is 0 Å². The predicted molar refractivity (Wildman–Crippen MR) is 97.1 cm³/mol. The lowest BCUT2D eigenvalue weighted by molar-refractivity contribution is -0.157. The van der Waals surface area contributed by atoms with Crippen LogP contribution in [0.2, 0.25) is 0 Å². The summed E-state index contributed by atoms with van der Waals surface area (Å²) in [6.45, 7) is 6.23. The molecule has 0 N–H and O–H groups in total. The monoisotopic (exact) mass is 364 g/mol. The quantitative estimate of drug-likeness (QED) is 0.614. The van der Waals surface area contributed by atoms with E-state index >= 15 is 0 Å². The smallest absolute Gasteiger partial charge is 0.302 e. The van der Waals surface area contributed by atoms with E-state index in [1.54, 1.807) is 0 Å². The minimum absolute atomic E-state index is 0.0808. The maximum Gasteiger partial charge on any atom is 0.302 e. The number of hydrogen-bond acceptors (Lipinski definition) is 3. The normalized spacial score (nSPS) is 46.3. The minimum atomic E-state index is -0.146. The third kappa shape index (κ3) is 2.44. The molecule has 4 aliphatic carbocycles. The lowest BCUT2D eigenvalue weighted by Crippen LogP contribution is -2.52. The van der Waals surface area contributed by atoms with Gasteiger partial charge in [0, 0.05) is 18.8 Å². The highest BCUT2D eigenvalue weighted by Crippen LogP contribution is 2.66. The van der Waals surface area contributed by atoms with Crippen molar-refractivity contribution >= 4 is 23.4 Å². The summed E-state index contributed by atoms with van der Waals surface area (Å²) in [6.07, 6.45) is 8.17. The molecule has 25 heavy (non-hydrogen) atoms. The molecule has 138 valence electrons. The summed E-state index contributed by atoms with van der Waals surface area (Å²) in [5.74, 6) is 1.92. The minimum Gasteiger partial charge on any atom is -0.462 e. The number of rotatable bonds is 1. The highest BCUT2D eigenvalue weighted by atomic mass is 35.5. The number of Topliss-reactive ketones (excluding diaryl/α,β-unsaturated/α-hetero) is 1. The number of carbonyl (C=O) groups is 2. The summed E-state index contributed by atoms with van der Waals surface area (Å²) >= 11 is 6.45. The second-order valence-electron chi connectivity index (χ2n) is 9.27. The number of esters is 1. The molecule has 0 unspecified atom stereocenters. The van der Waals surface area contributed by atoms with Gasteiger partial charge in [-0.05, 0) is 73.7 Å². The molecule has 3 nitrogen and oxygen atoms in total. The van der Waals surface area contributed by atoms with Crippen molar-refractivity contribution in [3.63, 3.8) is 0 Å². The Morgan fingerprint density at radius 2 is 1.84 bits per heavy atom. The van der Waals surface area contributed by atoms with Gasteiger partial charge in [0.2, 0.25) is 0 Å². The van der Waals surface area contributed by atoms with Gasteiger partial charge in [0.1, 0.15) is 6.10 Å². The van der Waals surface area contributed by atoms with Gasteiger partial charge in [-0.15, -0.1) is 0 Å². The van der Waals surface area contributed by atoms with Gasteiger partial charge in [0.05, 0.1) is 5.03 Å². The number of allylic oxidation sites excluding steroid dienone is 1. The van der Waals surface area contributed by atoms with Crippen molar-refractivity contribution in [1.82, 2.24) is 0 Å². The summed E-state index contributed by atoms with van der Waals surface area (Å²) < 4.78 is 5.71. The van der Waals surface area contributed by atoms with Crippen LogP contribution >= 0.6 is 11.6 Å². The molecule has 0 aromatic rings. The Bertz CT molecular complexity index is 654. The van der Waals surface area contributed by atoms with E-state index in [4.69, 9.17) is 16.3 Å². The fourth-order valence-electron chi connectivity index (χ4n) is 7.00. The number of ketones is 1. The van der Waals surface area contributed by atoms with Gasteiger partial charge in [0.25, 0.3) is 0 Å². The molecule has 3 saturated carbocycles. The van der Waals surface area contributed by atoms with Crippen LogP contribution in [0.3, 0.4) is 0 Å². The van der Waals surface area contributed by atoms with Crippen LogP contribution in [0.5, 0.6) is 0 Å². The highest BCUT2D eigenvalue weighted by Gasteiger charge is 2.60. The Kier molecular flexibility index (Phi) is 4.10. The van der Waals surface area contributed by atoms with Crippen LogP contribution in [0.25, 0.3) is 0 Å². The van der Waals surface area contributed by atoms with E-state index in [0.29, 0.717) is 29.2 Å². The van der Waals surface area contributed by atoms with E-state index in [-0.39, 0.29) is 28.7 Å². The molecule has 0 radical (unpaired) electrons. The van der Waals surface area contributed by atoms with Crippen LogP contribution in [0, 0.1) is 28.6 Å². The molecule has 0 amide bonds. The van der Waals surface area contributed by atoms with Crippen molar-refractivity contribution in [1.29, 1.82) is 0 Å². The van der Waals surface area contributed by atoms with Crippen molar-refractivity contribution in [2.24, 2.45) is 28.6 Å². The van der Waals surface area contributed by atoms with Crippen LogP contribution < -0.4 is 0 Å². The van der Waals surface area contributed by atoms with Gasteiger partial charge in [-0.25, -0.2) is 0 Å². The molecular formula is C21H29ClO3. The van der Waals surface area contributed by atoms with E-state index in [1.807, 2.05) is 0 Å². The standard InChI is InChI=1S/C21H29ClO3/c1-12(23)25-18-7-6-14-13-4-5-16-19(22)17(24)9-11-20(16,2)15(13)8-10-21(14,18)3/h13-15,18H,4-11H2,1-3H3/t13-,14-,15-,18+,20-,21-/m1/s1. The summed E-state index contributed by atoms with van der Waals surface area (Å²) in [4.78, 5) is 23.6. The summed E-state index contributed by atoms with van der Waals surface area (Å²) in [7, 11) is 0. The van der Waals surface area contributed by atoms with E-state index in [1.165, 1.54) is 12.5 Å². The van der Waals surface area contributed by atoms with Crippen molar-refractivity contribution in [3.05, 3.63) is 10.6 Å². The van der Waals surface area contributed by atoms with E-state index in [0.717, 1.165) is 44.9 Å². The Hall–Kier alpha value is -0.830. The maximum atomic E-state index is 12.1. The molecule has 0 aliphatic heterocycles. The third-order valence-electron chi connectivity index (χ3n) is 8.27. The number of carbonyl (C=O) groups excluding carboxylic acids is 2. The Morgan fingerprint density at radius 1 is 1.08 bits per heavy atom. The molecule has 0 spiro atoms. The van der Waals surface area contributed by atoms with Crippen LogP contribution in [0.15, 0.2) is 10.6 Å². The fourth-order valence-corrected chi connectivity index (χ4v) is 7.40. The molecule has 6 atom stereocenters. The van der Waals surface area contributed by atoms with Gasteiger partial charge in [-0.3, -0.25) is 9.59 Å². The topological polar surface area (TPSA) is 43.4 Å². The number of ether oxygens (including phenoxy) is 1. The number of fused-ring (bicyclic) bond motifs is 5. The van der Waals surface area contributed by atoms with Crippen LogP contribution in [-0.4, -0.2) is 17.9 Å². The highest BCUT2D eigenvalue weighted by molar-refractivity contribution is 6.43. The maximum absolute atomic E-state index is 12.1.